The smallest absolute Gasteiger partial charge is 0.158 e. The Bertz CT molecular complexity index is 248. The lowest BCUT2D eigenvalue weighted by Crippen LogP contribution is -2.48. The highest BCUT2D eigenvalue weighted by atomic mass is 16.7. The van der Waals surface area contributed by atoms with Crippen LogP contribution < -0.4 is 0 Å². The monoisotopic (exact) mass is 284 g/mol. The quantitative estimate of drug-likeness (QED) is 0.517. The molecule has 1 fully saturated rings. The maximum absolute atomic E-state index is 6.19. The fourth-order valence-corrected chi connectivity index (χ4v) is 3.26. The Kier molecular flexibility index (Phi) is 8.13. The van der Waals surface area contributed by atoms with E-state index in [-0.39, 0.29) is 11.7 Å². The van der Waals surface area contributed by atoms with Gasteiger partial charge in [-0.1, -0.05) is 73.1 Å². The van der Waals surface area contributed by atoms with Crippen LogP contribution in [0.4, 0.5) is 0 Å². The SMILES string of the molecule is CCCCCCCCCC1OCC(C)(C)C(C(C)C)O1. The van der Waals surface area contributed by atoms with Crippen LogP contribution in [0.15, 0.2) is 0 Å². The summed E-state index contributed by atoms with van der Waals surface area (Å²) in [4.78, 5) is 0. The molecule has 1 heterocycles. The zero-order chi connectivity index (χ0) is 15.0. The average molecular weight is 284 g/mol. The lowest BCUT2D eigenvalue weighted by molar-refractivity contribution is -0.271. The Balaban J connectivity index is 2.16. The molecule has 0 N–H and O–H groups in total. The molecule has 0 saturated carbocycles. The predicted molar refractivity (Wildman–Crippen MR) is 85.8 cm³/mol. The van der Waals surface area contributed by atoms with Gasteiger partial charge in [0, 0.05) is 5.41 Å². The van der Waals surface area contributed by atoms with Crippen molar-refractivity contribution in [1.82, 2.24) is 0 Å². The van der Waals surface area contributed by atoms with Crippen molar-refractivity contribution in [2.75, 3.05) is 6.61 Å². The van der Waals surface area contributed by atoms with Crippen LogP contribution in [0.1, 0.15) is 86.0 Å². The highest BCUT2D eigenvalue weighted by molar-refractivity contribution is 4.84. The van der Waals surface area contributed by atoms with Gasteiger partial charge in [0.1, 0.15) is 0 Å². The highest BCUT2D eigenvalue weighted by Gasteiger charge is 2.39. The minimum Gasteiger partial charge on any atom is -0.352 e. The van der Waals surface area contributed by atoms with Crippen molar-refractivity contribution in [3.05, 3.63) is 0 Å². The molecule has 0 aliphatic carbocycles. The van der Waals surface area contributed by atoms with Gasteiger partial charge in [-0.05, 0) is 18.8 Å². The molecule has 2 nitrogen and oxygen atoms in total. The Morgan fingerprint density at radius 3 is 2.20 bits per heavy atom. The molecule has 0 spiro atoms. The molecule has 120 valence electrons. The van der Waals surface area contributed by atoms with E-state index >= 15 is 0 Å². The lowest BCUT2D eigenvalue weighted by atomic mass is 9.80. The first-order valence-corrected chi connectivity index (χ1v) is 8.74. The van der Waals surface area contributed by atoms with E-state index in [9.17, 15) is 0 Å². The standard InChI is InChI=1S/C18H36O2/c1-6-7-8-9-10-11-12-13-16-19-14-18(4,5)17(20-16)15(2)3/h15-17H,6-14H2,1-5H3. The zero-order valence-corrected chi connectivity index (χ0v) is 14.4. The molecular formula is C18H36O2. The fourth-order valence-electron chi connectivity index (χ4n) is 3.26. The lowest BCUT2D eigenvalue weighted by Gasteiger charge is -2.44. The van der Waals surface area contributed by atoms with Gasteiger partial charge in [0.2, 0.25) is 0 Å². The number of hydrogen-bond donors (Lipinski definition) is 0. The largest absolute Gasteiger partial charge is 0.352 e. The minimum absolute atomic E-state index is 0.0334. The molecular weight excluding hydrogens is 248 g/mol. The van der Waals surface area contributed by atoms with E-state index in [1.54, 1.807) is 0 Å². The third-order valence-electron chi connectivity index (χ3n) is 4.36. The van der Waals surface area contributed by atoms with Crippen LogP contribution in [-0.2, 0) is 9.47 Å². The van der Waals surface area contributed by atoms with Crippen molar-refractivity contribution in [2.45, 2.75) is 98.4 Å². The van der Waals surface area contributed by atoms with Gasteiger partial charge < -0.3 is 9.47 Å². The van der Waals surface area contributed by atoms with E-state index in [1.807, 2.05) is 0 Å². The van der Waals surface area contributed by atoms with Gasteiger partial charge in [-0.15, -0.1) is 0 Å². The van der Waals surface area contributed by atoms with Gasteiger partial charge in [-0.25, -0.2) is 0 Å². The van der Waals surface area contributed by atoms with Gasteiger partial charge >= 0.3 is 0 Å². The number of hydrogen-bond acceptors (Lipinski definition) is 2. The van der Waals surface area contributed by atoms with Crippen LogP contribution in [0.25, 0.3) is 0 Å². The predicted octanol–water partition coefficient (Wildman–Crippen LogP) is 5.55. The average Bonchev–Trinajstić information content (AvgIpc) is 2.38. The van der Waals surface area contributed by atoms with Gasteiger partial charge in [0.15, 0.2) is 6.29 Å². The summed E-state index contributed by atoms with van der Waals surface area (Å²) in [6.45, 7) is 12.1. The third kappa shape index (κ3) is 6.13. The van der Waals surface area contributed by atoms with Crippen molar-refractivity contribution >= 4 is 0 Å². The van der Waals surface area contributed by atoms with E-state index in [2.05, 4.69) is 34.6 Å². The summed E-state index contributed by atoms with van der Waals surface area (Å²) in [5.74, 6) is 0.561. The van der Waals surface area contributed by atoms with E-state index in [1.165, 1.54) is 44.9 Å². The van der Waals surface area contributed by atoms with E-state index in [0.29, 0.717) is 12.0 Å². The fraction of sp³-hybridized carbons (Fsp3) is 1.00. The van der Waals surface area contributed by atoms with Crippen LogP contribution in [0, 0.1) is 11.3 Å². The molecule has 1 aliphatic heterocycles. The number of unbranched alkanes of at least 4 members (excludes halogenated alkanes) is 6. The van der Waals surface area contributed by atoms with Crippen LogP contribution >= 0.6 is 0 Å². The number of rotatable bonds is 9. The molecule has 20 heavy (non-hydrogen) atoms. The van der Waals surface area contributed by atoms with Gasteiger partial charge in [0.25, 0.3) is 0 Å². The van der Waals surface area contributed by atoms with Crippen molar-refractivity contribution in [1.29, 1.82) is 0 Å². The molecule has 2 unspecified atom stereocenters. The van der Waals surface area contributed by atoms with Crippen LogP contribution in [0.3, 0.4) is 0 Å². The normalized spacial score (nSPS) is 26.1. The van der Waals surface area contributed by atoms with Gasteiger partial charge in [0.05, 0.1) is 12.7 Å². The molecule has 2 atom stereocenters. The second-order valence-electron chi connectivity index (χ2n) is 7.44. The van der Waals surface area contributed by atoms with Crippen molar-refractivity contribution in [2.24, 2.45) is 11.3 Å². The summed E-state index contributed by atoms with van der Waals surface area (Å²) in [6, 6.07) is 0. The third-order valence-corrected chi connectivity index (χ3v) is 4.36. The summed E-state index contributed by atoms with van der Waals surface area (Å²) in [6.07, 6.45) is 10.9. The van der Waals surface area contributed by atoms with Gasteiger partial charge in [-0.2, -0.15) is 0 Å². The maximum atomic E-state index is 6.19. The Hall–Kier alpha value is -0.0800. The molecule has 1 aliphatic rings. The molecule has 1 saturated heterocycles. The summed E-state index contributed by atoms with van der Waals surface area (Å²) >= 11 is 0. The Morgan fingerprint density at radius 2 is 1.60 bits per heavy atom. The summed E-state index contributed by atoms with van der Waals surface area (Å²) in [5.41, 5.74) is 0.144. The van der Waals surface area contributed by atoms with Crippen molar-refractivity contribution < 1.29 is 9.47 Å². The summed E-state index contributed by atoms with van der Waals surface area (Å²) < 4.78 is 12.1. The summed E-state index contributed by atoms with van der Waals surface area (Å²) in [5, 5.41) is 0. The Morgan fingerprint density at radius 1 is 1.00 bits per heavy atom. The van der Waals surface area contributed by atoms with E-state index in [0.717, 1.165) is 13.0 Å². The molecule has 1 rings (SSSR count). The highest BCUT2D eigenvalue weighted by Crippen LogP contribution is 2.35. The minimum atomic E-state index is 0.0334. The van der Waals surface area contributed by atoms with E-state index < -0.39 is 0 Å². The van der Waals surface area contributed by atoms with Crippen LogP contribution in [-0.4, -0.2) is 19.0 Å². The van der Waals surface area contributed by atoms with Crippen molar-refractivity contribution in [3.8, 4) is 0 Å². The first kappa shape index (κ1) is 18.0. The molecule has 0 radical (unpaired) electrons. The molecule has 0 aromatic heterocycles. The topological polar surface area (TPSA) is 18.5 Å². The molecule has 0 amide bonds. The Labute approximate surface area is 126 Å². The second kappa shape index (κ2) is 9.04. The molecule has 0 bridgehead atoms. The first-order chi connectivity index (χ1) is 9.47. The first-order valence-electron chi connectivity index (χ1n) is 8.74. The summed E-state index contributed by atoms with van der Waals surface area (Å²) in [7, 11) is 0. The molecule has 0 aromatic carbocycles. The zero-order valence-electron chi connectivity index (χ0n) is 14.4. The van der Waals surface area contributed by atoms with Crippen LogP contribution in [0.5, 0.6) is 0 Å². The van der Waals surface area contributed by atoms with Crippen molar-refractivity contribution in [3.63, 3.8) is 0 Å². The maximum Gasteiger partial charge on any atom is 0.158 e. The van der Waals surface area contributed by atoms with Crippen LogP contribution in [0.2, 0.25) is 0 Å². The molecule has 0 aromatic rings. The number of ether oxygens (including phenoxy) is 2. The van der Waals surface area contributed by atoms with Gasteiger partial charge in [-0.3, -0.25) is 0 Å². The van der Waals surface area contributed by atoms with E-state index in [4.69, 9.17) is 9.47 Å². The molecule has 2 heteroatoms. The second-order valence-corrected chi connectivity index (χ2v) is 7.44.